The minimum Gasteiger partial charge on any atom is -0.508 e. The van der Waals surface area contributed by atoms with Gasteiger partial charge in [0.25, 0.3) is 16.1 Å². The molecule has 6 aromatic carbocycles. The summed E-state index contributed by atoms with van der Waals surface area (Å²) in [6.07, 6.45) is -23.3. The Morgan fingerprint density at radius 1 is 0.720 bits per heavy atom. The summed E-state index contributed by atoms with van der Waals surface area (Å²) in [5.74, 6) is -17.1. The molecule has 8 aliphatic rings. The summed E-state index contributed by atoms with van der Waals surface area (Å²) in [5.41, 5.74) is 3.86. The Morgan fingerprint density at radius 2 is 1.35 bits per heavy atom. The van der Waals surface area contributed by atoms with Gasteiger partial charge in [0.2, 0.25) is 59.3 Å². The van der Waals surface area contributed by atoms with E-state index in [4.69, 9.17) is 67.3 Å². The molecule has 0 saturated carbocycles. The minimum absolute atomic E-state index is 0.100. The maximum Gasteiger partial charge on any atom is 0.573 e. The first-order valence-corrected chi connectivity index (χ1v) is 43.9. The first-order valence-electron chi connectivity index (χ1n) is 41.6. The van der Waals surface area contributed by atoms with E-state index >= 15 is 24.0 Å². The highest BCUT2D eigenvalue weighted by molar-refractivity contribution is 7.87. The number of nitrogens with one attached hydrogen (secondary N) is 11. The van der Waals surface area contributed by atoms with Gasteiger partial charge < -0.3 is 138 Å². The second-order valence-corrected chi connectivity index (χ2v) is 35.2. The van der Waals surface area contributed by atoms with Gasteiger partial charge in [-0.2, -0.15) is 8.42 Å². The number of alkyl halides is 3. The van der Waals surface area contributed by atoms with Crippen molar-refractivity contribution in [2.75, 3.05) is 53.0 Å². The van der Waals surface area contributed by atoms with E-state index < -0.39 is 289 Å². The maximum atomic E-state index is 16.4. The topological polar surface area (TPSA) is 631 Å². The summed E-state index contributed by atoms with van der Waals surface area (Å²) < 4.78 is 107. The van der Waals surface area contributed by atoms with Gasteiger partial charge >= 0.3 is 6.36 Å². The molecule has 6 aromatic rings. The Kier molecular flexibility index (Phi) is 32.1. The number of ether oxygens (including phenoxy) is 7. The average molecular weight is 1910 g/mol. The molecule has 0 radical (unpaired) electrons. The fourth-order valence-electron chi connectivity index (χ4n) is 16.1. The van der Waals surface area contributed by atoms with E-state index in [1.165, 1.54) is 38.2 Å². The number of aliphatic hydroxyl groups is 6. The molecule has 8 heterocycles. The van der Waals surface area contributed by atoms with Crippen molar-refractivity contribution in [3.05, 3.63) is 147 Å². The summed E-state index contributed by atoms with van der Waals surface area (Å²) in [5, 5.41) is 135. The summed E-state index contributed by atoms with van der Waals surface area (Å²) in [7, 11) is -2.85. The van der Waals surface area contributed by atoms with E-state index in [0.717, 1.165) is 78.9 Å². The zero-order valence-electron chi connectivity index (χ0n) is 71.2. The van der Waals surface area contributed by atoms with Crippen LogP contribution in [0.1, 0.15) is 124 Å². The number of primary amides is 1. The van der Waals surface area contributed by atoms with Crippen molar-refractivity contribution in [2.45, 2.75) is 188 Å². The number of likely N-dealkylation sites (N-methyl/N-ethyl adjacent to an activating group) is 1. The molecule has 16 unspecified atom stereocenters. The van der Waals surface area contributed by atoms with Gasteiger partial charge in [-0.3, -0.25) is 48.0 Å². The molecule has 24 N–H and O–H groups in total. The molecule has 0 spiro atoms. The molecule has 9 amide bonds. The standard InChI is InChI=1S/C84H101Cl2F3N14O28S/c1-36(2)24-50(92-5)75(115)100-66-68(110)40-9-14-54(48(85)27-40)126-56-29-42-30-57(72(56)130-82-73(71(113)70(112)58(35-104)128-82)129-61-34-83(4,74(114)37(3)125-61)93-18-22-103-20-16-43(17-21-103)95-60(109)25-38-6-11-45(12-7-38)131-84(87,88)89)127-55-15-10-41(28-49(55)86)69(111)67-80(120)99-65(81(121)102-124-23-19-94-132(91,122)123)47-31-44(105)32-53(107)62(47)46-26-39(8-13-52(46)106)63(77(117)101-67)98-78(118)64(42)97-76(116)51(33-59(90)108)96-79(66)119/h6-15,26-32,36-37,43,50-51,58,61,63-71,73-74,82,92-94,104-107,110-114H,16-25,33-35H2,1-5H3,(H2,90,108)(H,95,109)(H,96,119)(H,97,116)(H,98,118)(H,99,120)(H,100,115)(H,101,117)(H,102,121)(H2,91,122,123)/t37?,50?,51?,58?,61?,63?,64?,65-,66?,67?,68?,69?,70?,71?,73?,74?,82?,83-/m1/s1. The highest BCUT2D eigenvalue weighted by Crippen LogP contribution is 2.50. The molecule has 11 bridgehead atoms. The molecule has 18 atom stereocenters. The number of phenols is 3. The van der Waals surface area contributed by atoms with Crippen LogP contribution in [0.25, 0.3) is 11.1 Å². The number of halogens is 5. The quantitative estimate of drug-likeness (QED) is 0.0255. The molecule has 14 rings (SSSR count). The number of hydrogen-bond acceptors (Lipinski definition) is 31. The number of carbonyl (C=O) groups excluding carboxylic acids is 9. The third-order valence-electron chi connectivity index (χ3n) is 22.9. The van der Waals surface area contributed by atoms with Gasteiger partial charge in [0.15, 0.2) is 23.9 Å². The molecule has 3 fully saturated rings. The number of fused-ring (bicyclic) bond motifs is 15. The molecular weight excluding hydrogens is 1810 g/mol. The lowest BCUT2D eigenvalue weighted by molar-refractivity contribution is -0.334. The number of hydrogen-bond donors (Lipinski definition) is 22. The highest BCUT2D eigenvalue weighted by Gasteiger charge is 2.53. The lowest BCUT2D eigenvalue weighted by Gasteiger charge is -2.48. The lowest BCUT2D eigenvalue weighted by Crippen LogP contribution is -2.66. The number of rotatable bonds is 26. The zero-order valence-corrected chi connectivity index (χ0v) is 73.5. The van der Waals surface area contributed by atoms with Crippen molar-refractivity contribution in [1.82, 2.24) is 63.0 Å². The van der Waals surface area contributed by atoms with Crippen LogP contribution in [-0.4, -0.2) is 257 Å². The van der Waals surface area contributed by atoms with Crippen molar-refractivity contribution < 1.29 is 149 Å². The fraction of sp³-hybridized carbons (Fsp3) is 0.464. The smallest absolute Gasteiger partial charge is 0.508 e. The van der Waals surface area contributed by atoms with Crippen LogP contribution >= 0.6 is 23.2 Å². The number of aromatic hydroxyl groups is 3. The van der Waals surface area contributed by atoms with Crippen molar-refractivity contribution in [2.24, 2.45) is 16.8 Å². The van der Waals surface area contributed by atoms with E-state index in [2.05, 4.69) is 57.5 Å². The van der Waals surface area contributed by atoms with Crippen LogP contribution in [0.2, 0.25) is 10.0 Å². The summed E-state index contributed by atoms with van der Waals surface area (Å²) in [4.78, 5) is 141. The third kappa shape index (κ3) is 24.5. The molecule has 42 nitrogen and oxygen atoms in total. The van der Waals surface area contributed by atoms with Gasteiger partial charge in [0, 0.05) is 67.9 Å². The van der Waals surface area contributed by atoms with Crippen molar-refractivity contribution in [3.8, 4) is 62.9 Å². The normalized spacial score (nSPS) is 26.5. The predicted octanol–water partition coefficient (Wildman–Crippen LogP) is 0.215. The molecule has 0 aromatic heterocycles. The third-order valence-corrected chi connectivity index (χ3v) is 24.1. The number of amides is 9. The van der Waals surface area contributed by atoms with Crippen molar-refractivity contribution in [1.29, 1.82) is 0 Å². The Morgan fingerprint density at radius 3 is 1.96 bits per heavy atom. The van der Waals surface area contributed by atoms with Gasteiger partial charge in [-0.25, -0.2) is 15.3 Å². The highest BCUT2D eigenvalue weighted by atomic mass is 35.5. The number of piperidine rings is 1. The number of hydroxylamine groups is 1. The second-order valence-electron chi connectivity index (χ2n) is 33.0. The first-order chi connectivity index (χ1) is 62.3. The van der Waals surface area contributed by atoms with E-state index in [1.54, 1.807) is 20.8 Å². The van der Waals surface area contributed by atoms with Crippen LogP contribution < -0.4 is 87.9 Å². The first kappa shape index (κ1) is 99.9. The van der Waals surface area contributed by atoms with Gasteiger partial charge in [-0.15, -0.1) is 13.2 Å². The number of phenolic OH excluding ortho intramolecular Hbond substituents is 3. The van der Waals surface area contributed by atoms with Crippen LogP contribution in [0.3, 0.4) is 0 Å². The molecular formula is C84H101Cl2F3N14O28S. The SMILES string of the molecule is CNC(CC(C)C)C(=O)NC1C(=O)NC(CC(N)=O)C(=O)NC2C(=O)NC3C(=O)NC(C(=O)N[C@@H](C(=O)NOCCNS(N)(=O)=O)c4cc(O)cc(O)c4-c4cc3ccc4O)C(O)c3ccc(c(Cl)c3)Oc3cc2cc(c3OC2OC(CO)C(O)C(O)C2OC2C[C@@](C)(NCCN3CCC(NC(=O)Cc4ccc(OC(F)(F)F)cc4)CC3)C(O)C(C)O2)Oc2ccc(cc2Cl)C1O. The van der Waals surface area contributed by atoms with Crippen LogP contribution in [0.5, 0.6) is 51.7 Å². The molecule has 132 heavy (non-hydrogen) atoms. The number of carbonyl (C=O) groups is 9. The second kappa shape index (κ2) is 42.4. The summed E-state index contributed by atoms with van der Waals surface area (Å²) in [6, 6.07) is 3.39. The minimum atomic E-state index is -4.89. The van der Waals surface area contributed by atoms with Crippen LogP contribution in [0, 0.1) is 5.92 Å². The van der Waals surface area contributed by atoms with E-state index in [1.807, 2.05) is 10.2 Å². The Labute approximate surface area is 761 Å². The molecule has 48 heteroatoms. The van der Waals surface area contributed by atoms with Gasteiger partial charge in [0.05, 0.1) is 54.4 Å². The zero-order chi connectivity index (χ0) is 95.9. The largest absolute Gasteiger partial charge is 0.573 e. The molecule has 8 aliphatic heterocycles. The Balaban J connectivity index is 0.960. The van der Waals surface area contributed by atoms with Gasteiger partial charge in [0.1, 0.15) is 101 Å². The van der Waals surface area contributed by atoms with E-state index in [-0.39, 0.29) is 54.8 Å². The number of nitrogens with zero attached hydrogens (tertiary/aromatic N) is 1. The van der Waals surface area contributed by atoms with Crippen LogP contribution in [0.15, 0.2) is 103 Å². The number of nitrogens with two attached hydrogens (primary N) is 2. The van der Waals surface area contributed by atoms with E-state index in [9.17, 15) is 86.7 Å². The van der Waals surface area contributed by atoms with Crippen molar-refractivity contribution in [3.63, 3.8) is 0 Å². The predicted molar refractivity (Wildman–Crippen MR) is 455 cm³/mol. The summed E-state index contributed by atoms with van der Waals surface area (Å²) in [6.45, 7) is 6.27. The Bertz CT molecular complexity index is 5400. The molecule has 3 saturated heterocycles. The number of aliphatic hydroxyl groups excluding tert-OH is 6. The van der Waals surface area contributed by atoms with Crippen LogP contribution in [-0.2, 0) is 78.8 Å². The maximum absolute atomic E-state index is 16.4. The van der Waals surface area contributed by atoms with Gasteiger partial charge in [-0.05, 0) is 146 Å². The Hall–Kier alpha value is -11.1. The average Bonchev–Trinajstić information content (AvgIpc) is 0.763. The summed E-state index contributed by atoms with van der Waals surface area (Å²) >= 11 is 14.4. The monoisotopic (exact) mass is 1910 g/mol. The fourth-order valence-corrected chi connectivity index (χ4v) is 17.0. The van der Waals surface area contributed by atoms with Gasteiger partial charge in [-0.1, -0.05) is 67.4 Å². The number of likely N-dealkylation sites (tertiary alicyclic amines) is 1. The lowest BCUT2D eigenvalue weighted by atomic mass is 9.85. The van der Waals surface area contributed by atoms with Crippen LogP contribution in [0.4, 0.5) is 13.2 Å². The number of benzene rings is 6. The molecule has 0 aliphatic carbocycles. The molecule has 716 valence electrons. The van der Waals surface area contributed by atoms with E-state index in [0.29, 0.717) is 38.0 Å². The van der Waals surface area contributed by atoms with Crippen molar-refractivity contribution >= 4 is 86.6 Å².